The van der Waals surface area contributed by atoms with Crippen LogP contribution in [0.15, 0.2) is 24.3 Å². The van der Waals surface area contributed by atoms with Crippen molar-refractivity contribution < 1.29 is 9.90 Å². The van der Waals surface area contributed by atoms with Crippen LogP contribution < -0.4 is 5.73 Å². The van der Waals surface area contributed by atoms with Crippen molar-refractivity contribution in [2.75, 3.05) is 0 Å². The molecule has 3 nitrogen and oxygen atoms in total. The summed E-state index contributed by atoms with van der Waals surface area (Å²) in [5.74, 6) is -0.815. The molecule has 0 heterocycles. The molecule has 0 saturated carbocycles. The van der Waals surface area contributed by atoms with Crippen LogP contribution in [0.2, 0.25) is 5.02 Å². The van der Waals surface area contributed by atoms with Gasteiger partial charge in [-0.2, -0.15) is 0 Å². The maximum atomic E-state index is 10.7. The Kier molecular flexibility index (Phi) is 4.77. The molecule has 0 saturated heterocycles. The highest BCUT2D eigenvalue weighted by molar-refractivity contribution is 6.30. The van der Waals surface area contributed by atoms with E-state index in [1.165, 1.54) is 0 Å². The number of benzene rings is 1. The summed E-state index contributed by atoms with van der Waals surface area (Å²) in [4.78, 5) is 10.7. The minimum Gasteiger partial charge on any atom is -0.480 e. The fraction of sp³-hybridized carbons (Fsp3) is 0.417. The topological polar surface area (TPSA) is 63.3 Å². The van der Waals surface area contributed by atoms with Crippen molar-refractivity contribution in [1.29, 1.82) is 0 Å². The molecule has 0 radical (unpaired) electrons. The Bertz CT molecular complexity index is 368. The van der Waals surface area contributed by atoms with Gasteiger partial charge in [-0.25, -0.2) is 0 Å². The highest BCUT2D eigenvalue weighted by Gasteiger charge is 2.18. The molecule has 0 aromatic heterocycles. The maximum absolute atomic E-state index is 10.7. The fourth-order valence-electron chi connectivity index (χ4n) is 1.71. The Labute approximate surface area is 100 Å². The van der Waals surface area contributed by atoms with Crippen LogP contribution in [-0.4, -0.2) is 17.1 Å². The summed E-state index contributed by atoms with van der Waals surface area (Å²) in [6, 6.07) is 6.67. The Balaban J connectivity index is 2.78. The van der Waals surface area contributed by atoms with Crippen molar-refractivity contribution in [3.05, 3.63) is 34.9 Å². The van der Waals surface area contributed by atoms with Crippen LogP contribution in [0.25, 0.3) is 0 Å². The van der Waals surface area contributed by atoms with E-state index in [0.29, 0.717) is 11.4 Å². The molecule has 1 aromatic carbocycles. The number of nitrogens with two attached hydrogens (primary N) is 1. The molecule has 0 aliphatic heterocycles. The van der Waals surface area contributed by atoms with Gasteiger partial charge in [0, 0.05) is 5.02 Å². The van der Waals surface area contributed by atoms with E-state index in [0.717, 1.165) is 12.0 Å². The number of carboxylic acid groups (broad SMARTS) is 1. The number of hydrogen-bond acceptors (Lipinski definition) is 2. The van der Waals surface area contributed by atoms with Crippen molar-refractivity contribution in [2.45, 2.75) is 31.7 Å². The van der Waals surface area contributed by atoms with E-state index in [4.69, 9.17) is 22.4 Å². The minimum absolute atomic E-state index is 0.143. The van der Waals surface area contributed by atoms with E-state index in [9.17, 15) is 4.79 Å². The van der Waals surface area contributed by atoms with Gasteiger partial charge in [0.15, 0.2) is 0 Å². The lowest BCUT2D eigenvalue weighted by atomic mass is 9.90. The van der Waals surface area contributed by atoms with E-state index >= 15 is 0 Å². The summed E-state index contributed by atoms with van der Waals surface area (Å²) in [6.07, 6.45) is 1.29. The van der Waals surface area contributed by atoms with Crippen LogP contribution in [0, 0.1) is 0 Å². The molecule has 0 spiro atoms. The van der Waals surface area contributed by atoms with Gasteiger partial charge in [-0.1, -0.05) is 30.7 Å². The molecular formula is C12H16ClNO2. The molecule has 0 aliphatic rings. The summed E-state index contributed by atoms with van der Waals surface area (Å²) < 4.78 is 0. The lowest BCUT2D eigenvalue weighted by Crippen LogP contribution is -2.31. The molecule has 16 heavy (non-hydrogen) atoms. The van der Waals surface area contributed by atoms with Gasteiger partial charge in [0.1, 0.15) is 6.04 Å². The molecular weight excluding hydrogens is 226 g/mol. The lowest BCUT2D eigenvalue weighted by Gasteiger charge is -2.17. The predicted molar refractivity (Wildman–Crippen MR) is 64.7 cm³/mol. The first-order valence-electron chi connectivity index (χ1n) is 5.28. The first kappa shape index (κ1) is 13.0. The van der Waals surface area contributed by atoms with Crippen molar-refractivity contribution in [3.8, 4) is 0 Å². The van der Waals surface area contributed by atoms with Gasteiger partial charge in [0.2, 0.25) is 0 Å². The van der Waals surface area contributed by atoms with Gasteiger partial charge >= 0.3 is 5.97 Å². The zero-order chi connectivity index (χ0) is 12.1. The Morgan fingerprint density at radius 2 is 2.25 bits per heavy atom. The molecule has 88 valence electrons. The zero-order valence-electron chi connectivity index (χ0n) is 9.19. The van der Waals surface area contributed by atoms with Gasteiger partial charge in [-0.05, 0) is 36.5 Å². The largest absolute Gasteiger partial charge is 0.480 e. The van der Waals surface area contributed by atoms with Crippen LogP contribution in [0.3, 0.4) is 0 Å². The number of rotatable bonds is 5. The van der Waals surface area contributed by atoms with Crippen molar-refractivity contribution >= 4 is 17.6 Å². The number of carbonyl (C=O) groups is 1. The second kappa shape index (κ2) is 5.87. The smallest absolute Gasteiger partial charge is 0.320 e. The Hall–Kier alpha value is -1.06. The highest BCUT2D eigenvalue weighted by Crippen LogP contribution is 2.26. The first-order chi connectivity index (χ1) is 7.54. The normalized spacial score (nSPS) is 14.4. The molecule has 1 rings (SSSR count). The first-order valence-corrected chi connectivity index (χ1v) is 5.66. The molecule has 0 bridgehead atoms. The van der Waals surface area contributed by atoms with Crippen LogP contribution >= 0.6 is 11.6 Å². The van der Waals surface area contributed by atoms with Crippen LogP contribution in [0.1, 0.15) is 31.2 Å². The Morgan fingerprint density at radius 3 is 2.75 bits per heavy atom. The predicted octanol–water partition coefficient (Wildman–Crippen LogP) is 2.64. The van der Waals surface area contributed by atoms with Gasteiger partial charge in [0.25, 0.3) is 0 Å². The average molecular weight is 242 g/mol. The summed E-state index contributed by atoms with van der Waals surface area (Å²) >= 11 is 5.90. The van der Waals surface area contributed by atoms with Gasteiger partial charge < -0.3 is 10.8 Å². The van der Waals surface area contributed by atoms with E-state index < -0.39 is 12.0 Å². The molecule has 4 heteroatoms. The zero-order valence-corrected chi connectivity index (χ0v) is 9.95. The van der Waals surface area contributed by atoms with E-state index in [1.54, 1.807) is 6.07 Å². The second-order valence-corrected chi connectivity index (χ2v) is 4.28. The van der Waals surface area contributed by atoms with Gasteiger partial charge in [-0.15, -0.1) is 0 Å². The molecule has 0 amide bonds. The van der Waals surface area contributed by atoms with Crippen LogP contribution in [-0.2, 0) is 4.79 Å². The number of carboxylic acids is 1. The highest BCUT2D eigenvalue weighted by atomic mass is 35.5. The van der Waals surface area contributed by atoms with Crippen LogP contribution in [0.5, 0.6) is 0 Å². The minimum atomic E-state index is -0.958. The van der Waals surface area contributed by atoms with Crippen molar-refractivity contribution in [2.24, 2.45) is 5.73 Å². The van der Waals surface area contributed by atoms with Crippen molar-refractivity contribution in [1.82, 2.24) is 0 Å². The third-order valence-electron chi connectivity index (χ3n) is 2.67. The molecule has 3 N–H and O–H groups in total. The Morgan fingerprint density at radius 1 is 1.56 bits per heavy atom. The second-order valence-electron chi connectivity index (χ2n) is 3.84. The summed E-state index contributed by atoms with van der Waals surface area (Å²) in [6.45, 7) is 2.01. The molecule has 2 unspecified atom stereocenters. The lowest BCUT2D eigenvalue weighted by molar-refractivity contribution is -0.138. The summed E-state index contributed by atoms with van der Waals surface area (Å²) in [7, 11) is 0. The van der Waals surface area contributed by atoms with Gasteiger partial charge in [-0.3, -0.25) is 4.79 Å². The number of hydrogen-bond donors (Lipinski definition) is 2. The molecule has 0 aliphatic carbocycles. The molecule has 2 atom stereocenters. The number of halogens is 1. The summed E-state index contributed by atoms with van der Waals surface area (Å²) in [5, 5.41) is 9.44. The monoisotopic (exact) mass is 241 g/mol. The van der Waals surface area contributed by atoms with Crippen LogP contribution in [0.4, 0.5) is 0 Å². The average Bonchev–Trinajstić information content (AvgIpc) is 2.25. The van der Waals surface area contributed by atoms with E-state index in [2.05, 4.69) is 0 Å². The summed E-state index contributed by atoms with van der Waals surface area (Å²) in [5.41, 5.74) is 6.58. The van der Waals surface area contributed by atoms with Crippen molar-refractivity contribution in [3.63, 3.8) is 0 Å². The quantitative estimate of drug-likeness (QED) is 0.833. The van der Waals surface area contributed by atoms with Gasteiger partial charge in [0.05, 0.1) is 0 Å². The molecule has 0 fully saturated rings. The third kappa shape index (κ3) is 3.51. The SMILES string of the molecule is CCC(CC(N)C(=O)O)c1cccc(Cl)c1. The fourth-order valence-corrected chi connectivity index (χ4v) is 1.91. The van der Waals surface area contributed by atoms with E-state index in [1.807, 2.05) is 25.1 Å². The maximum Gasteiger partial charge on any atom is 0.320 e. The number of aliphatic carboxylic acids is 1. The third-order valence-corrected chi connectivity index (χ3v) is 2.90. The molecule has 1 aromatic rings. The standard InChI is InChI=1S/C12H16ClNO2/c1-2-8(7-11(14)12(15)16)9-4-3-5-10(13)6-9/h3-6,8,11H,2,7,14H2,1H3,(H,15,16). The van der Waals surface area contributed by atoms with E-state index in [-0.39, 0.29) is 5.92 Å².